The van der Waals surface area contributed by atoms with Gasteiger partial charge in [-0.3, -0.25) is 4.79 Å². The number of benzene rings is 1. The maximum absolute atomic E-state index is 11.7. The Morgan fingerprint density at radius 3 is 2.78 bits per heavy atom. The van der Waals surface area contributed by atoms with Gasteiger partial charge in [-0.25, -0.2) is 0 Å². The monoisotopic (exact) mass is 384 g/mol. The molecule has 0 radical (unpaired) electrons. The predicted octanol–water partition coefficient (Wildman–Crippen LogP) is 2.47. The van der Waals surface area contributed by atoms with E-state index in [9.17, 15) is 4.79 Å². The van der Waals surface area contributed by atoms with Gasteiger partial charge in [0.05, 0.1) is 38.8 Å². The molecule has 0 atom stereocenters. The zero-order valence-corrected chi connectivity index (χ0v) is 15.4. The number of nitrogens with one attached hydrogen (secondary N) is 1. The summed E-state index contributed by atoms with van der Waals surface area (Å²) in [4.78, 5) is 13.3. The fourth-order valence-electron chi connectivity index (χ4n) is 3.00. The van der Waals surface area contributed by atoms with Crippen molar-refractivity contribution >= 4 is 21.9 Å². The molecular weight excluding hydrogens is 358 g/mol. The average molecular weight is 385 g/mol. The largest absolute Gasteiger partial charge is 0.494 e. The first-order chi connectivity index (χ1) is 11.2. The Labute approximate surface area is 147 Å². The maximum atomic E-state index is 11.7. The van der Waals surface area contributed by atoms with Gasteiger partial charge in [0, 0.05) is 17.3 Å². The van der Waals surface area contributed by atoms with Gasteiger partial charge in [0.1, 0.15) is 5.75 Å². The second-order valence-corrected chi connectivity index (χ2v) is 6.95. The van der Waals surface area contributed by atoms with Gasteiger partial charge in [-0.15, -0.1) is 0 Å². The highest BCUT2D eigenvalue weighted by molar-refractivity contribution is 9.10. The number of carbonyl (C=O) groups is 1. The molecule has 1 aliphatic rings. The lowest BCUT2D eigenvalue weighted by atomic mass is 9.97. The molecule has 0 aromatic heterocycles. The lowest BCUT2D eigenvalue weighted by molar-refractivity contribution is -0.906. The Bertz CT molecular complexity index is 487. The fourth-order valence-corrected chi connectivity index (χ4v) is 3.37. The normalized spacial score (nSPS) is 21.0. The lowest BCUT2D eigenvalue weighted by Gasteiger charge is -2.28. The third-order valence-corrected chi connectivity index (χ3v) is 4.80. The number of ether oxygens (including phenoxy) is 2. The minimum atomic E-state index is -0.00558. The number of piperidine rings is 1. The molecule has 5 heteroatoms. The molecule has 1 N–H and O–H groups in total. The van der Waals surface area contributed by atoms with E-state index in [0.717, 1.165) is 62.1 Å². The number of halogens is 1. The SMILES string of the molecule is CCOC(=O)C1CC[NH+](CCCCOc2cccc(Br)c2)CC1. The quantitative estimate of drug-likeness (QED) is 0.552. The van der Waals surface area contributed by atoms with Crippen molar-refractivity contribution in [2.75, 3.05) is 32.8 Å². The van der Waals surface area contributed by atoms with Crippen molar-refractivity contribution in [1.29, 1.82) is 0 Å². The third-order valence-electron chi connectivity index (χ3n) is 4.30. The highest BCUT2D eigenvalue weighted by Gasteiger charge is 2.27. The second kappa shape index (κ2) is 9.93. The van der Waals surface area contributed by atoms with Crippen LogP contribution in [-0.4, -0.2) is 38.8 Å². The summed E-state index contributed by atoms with van der Waals surface area (Å²) in [6.07, 6.45) is 4.15. The molecule has 1 aromatic rings. The van der Waals surface area contributed by atoms with Crippen molar-refractivity contribution in [1.82, 2.24) is 0 Å². The number of hydrogen-bond donors (Lipinski definition) is 1. The summed E-state index contributed by atoms with van der Waals surface area (Å²) >= 11 is 3.45. The van der Waals surface area contributed by atoms with Crippen molar-refractivity contribution in [2.45, 2.75) is 32.6 Å². The first-order valence-corrected chi connectivity index (χ1v) is 9.37. The van der Waals surface area contributed by atoms with E-state index >= 15 is 0 Å². The molecule has 0 bridgehead atoms. The summed E-state index contributed by atoms with van der Waals surface area (Å²) < 4.78 is 11.9. The molecule has 1 aromatic carbocycles. The van der Waals surface area contributed by atoms with E-state index in [-0.39, 0.29) is 11.9 Å². The summed E-state index contributed by atoms with van der Waals surface area (Å²) in [7, 11) is 0. The van der Waals surface area contributed by atoms with Crippen molar-refractivity contribution < 1.29 is 19.2 Å². The van der Waals surface area contributed by atoms with Crippen LogP contribution in [-0.2, 0) is 9.53 Å². The number of rotatable bonds is 8. The van der Waals surface area contributed by atoms with Crippen LogP contribution in [0.3, 0.4) is 0 Å². The summed E-state index contributed by atoms with van der Waals surface area (Å²) in [5.41, 5.74) is 0. The molecule has 0 amide bonds. The van der Waals surface area contributed by atoms with Crippen LogP contribution in [0.15, 0.2) is 28.7 Å². The summed E-state index contributed by atoms with van der Waals surface area (Å²) in [5.74, 6) is 1.04. The van der Waals surface area contributed by atoms with E-state index in [0.29, 0.717) is 6.61 Å². The first-order valence-electron chi connectivity index (χ1n) is 8.57. The van der Waals surface area contributed by atoms with Gasteiger partial charge in [-0.1, -0.05) is 22.0 Å². The van der Waals surface area contributed by atoms with Crippen LogP contribution in [0.1, 0.15) is 32.6 Å². The number of carbonyl (C=O) groups excluding carboxylic acids is 1. The molecule has 1 heterocycles. The number of quaternary nitrogens is 1. The van der Waals surface area contributed by atoms with Crippen LogP contribution in [0.4, 0.5) is 0 Å². The summed E-state index contributed by atoms with van der Waals surface area (Å²) in [6.45, 7) is 6.44. The van der Waals surface area contributed by atoms with E-state index in [1.807, 2.05) is 31.2 Å². The molecule has 0 spiro atoms. The minimum absolute atomic E-state index is 0.00558. The van der Waals surface area contributed by atoms with Crippen LogP contribution < -0.4 is 9.64 Å². The Morgan fingerprint density at radius 2 is 2.09 bits per heavy atom. The topological polar surface area (TPSA) is 40.0 Å². The first kappa shape index (κ1) is 18.3. The van der Waals surface area contributed by atoms with Crippen LogP contribution in [0.5, 0.6) is 5.75 Å². The number of unbranched alkanes of at least 4 members (excludes halogenated alkanes) is 1. The van der Waals surface area contributed by atoms with Crippen LogP contribution in [0.2, 0.25) is 0 Å². The molecule has 1 saturated heterocycles. The van der Waals surface area contributed by atoms with E-state index in [4.69, 9.17) is 9.47 Å². The van der Waals surface area contributed by atoms with Crippen molar-refractivity contribution in [3.63, 3.8) is 0 Å². The fraction of sp³-hybridized carbons (Fsp3) is 0.611. The molecule has 0 saturated carbocycles. The molecular formula is C18H27BrNO3+. The Morgan fingerprint density at radius 1 is 1.30 bits per heavy atom. The standard InChI is InChI=1S/C18H26BrNO3/c1-2-22-18(21)15-8-11-20(12-9-15)10-3-4-13-23-17-7-5-6-16(19)14-17/h5-7,14-15H,2-4,8-13H2,1H3/p+1. The van der Waals surface area contributed by atoms with Crippen molar-refractivity contribution in [3.05, 3.63) is 28.7 Å². The molecule has 0 aliphatic carbocycles. The lowest BCUT2D eigenvalue weighted by Crippen LogP contribution is -3.13. The van der Waals surface area contributed by atoms with Crippen LogP contribution in [0, 0.1) is 5.92 Å². The summed E-state index contributed by atoms with van der Waals surface area (Å²) in [6, 6.07) is 7.95. The van der Waals surface area contributed by atoms with E-state index < -0.39 is 0 Å². The third kappa shape index (κ3) is 6.51. The molecule has 1 aliphatic heterocycles. The highest BCUT2D eigenvalue weighted by atomic mass is 79.9. The van der Waals surface area contributed by atoms with Gasteiger partial charge in [0.15, 0.2) is 0 Å². The summed E-state index contributed by atoms with van der Waals surface area (Å²) in [5, 5.41) is 0. The van der Waals surface area contributed by atoms with Gasteiger partial charge in [0.25, 0.3) is 0 Å². The molecule has 4 nitrogen and oxygen atoms in total. The van der Waals surface area contributed by atoms with E-state index in [1.165, 1.54) is 0 Å². The molecule has 23 heavy (non-hydrogen) atoms. The number of hydrogen-bond acceptors (Lipinski definition) is 3. The maximum Gasteiger partial charge on any atom is 0.309 e. The van der Waals surface area contributed by atoms with Gasteiger partial charge in [-0.2, -0.15) is 0 Å². The van der Waals surface area contributed by atoms with Gasteiger partial charge in [0.2, 0.25) is 0 Å². The minimum Gasteiger partial charge on any atom is -0.494 e. The van der Waals surface area contributed by atoms with Crippen LogP contribution in [0.25, 0.3) is 0 Å². The second-order valence-electron chi connectivity index (χ2n) is 6.04. The Balaban J connectivity index is 1.55. The smallest absolute Gasteiger partial charge is 0.309 e. The van der Waals surface area contributed by atoms with E-state index in [1.54, 1.807) is 4.90 Å². The molecule has 128 valence electrons. The Hall–Kier alpha value is -1.07. The molecule has 0 unspecified atom stereocenters. The molecule has 2 rings (SSSR count). The van der Waals surface area contributed by atoms with Gasteiger partial charge >= 0.3 is 5.97 Å². The van der Waals surface area contributed by atoms with Crippen LogP contribution >= 0.6 is 15.9 Å². The zero-order chi connectivity index (χ0) is 16.5. The van der Waals surface area contributed by atoms with Crippen molar-refractivity contribution in [2.24, 2.45) is 5.92 Å². The van der Waals surface area contributed by atoms with Gasteiger partial charge in [-0.05, 0) is 38.0 Å². The number of likely N-dealkylation sites (tertiary alicyclic amines) is 1. The molecule has 1 fully saturated rings. The Kier molecular flexibility index (Phi) is 7.89. The average Bonchev–Trinajstić information content (AvgIpc) is 2.55. The van der Waals surface area contributed by atoms with Crippen molar-refractivity contribution in [3.8, 4) is 5.75 Å². The highest BCUT2D eigenvalue weighted by Crippen LogP contribution is 2.17. The predicted molar refractivity (Wildman–Crippen MR) is 93.8 cm³/mol. The zero-order valence-electron chi connectivity index (χ0n) is 13.9. The van der Waals surface area contributed by atoms with E-state index in [2.05, 4.69) is 15.9 Å². The van der Waals surface area contributed by atoms with Gasteiger partial charge < -0.3 is 14.4 Å². The number of esters is 1.